The number of anilines is 1. The number of hydrogen-bond donors (Lipinski definition) is 0. The van der Waals surface area contributed by atoms with Crippen molar-refractivity contribution in [1.29, 1.82) is 0 Å². The molecular formula is C15H24N2O3S. The Labute approximate surface area is 130 Å². The summed E-state index contributed by atoms with van der Waals surface area (Å²) in [6.07, 6.45) is 0. The third-order valence-corrected chi connectivity index (χ3v) is 4.52. The molecule has 5 nitrogen and oxygen atoms in total. The maximum absolute atomic E-state index is 12.1. The molecule has 2 heterocycles. The van der Waals surface area contributed by atoms with Crippen LogP contribution in [-0.4, -0.2) is 42.9 Å². The first kappa shape index (κ1) is 16.2. The Kier molecular flexibility index (Phi) is 4.58. The quantitative estimate of drug-likeness (QED) is 0.800. The van der Waals surface area contributed by atoms with Gasteiger partial charge in [-0.2, -0.15) is 0 Å². The van der Waals surface area contributed by atoms with Crippen molar-refractivity contribution in [3.63, 3.8) is 0 Å². The van der Waals surface area contributed by atoms with Crippen molar-refractivity contribution in [2.24, 2.45) is 0 Å². The average molecular weight is 312 g/mol. The number of rotatable bonds is 4. The third kappa shape index (κ3) is 3.55. The monoisotopic (exact) mass is 312 g/mol. The molecular weight excluding hydrogens is 288 g/mol. The van der Waals surface area contributed by atoms with E-state index in [1.54, 1.807) is 11.3 Å². The highest BCUT2D eigenvalue weighted by Gasteiger charge is 2.35. The number of carbonyl (C=O) groups excluding carboxylic acids is 1. The molecule has 1 fully saturated rings. The molecule has 0 amide bonds. The third-order valence-electron chi connectivity index (χ3n) is 3.61. The lowest BCUT2D eigenvalue weighted by Gasteiger charge is -2.38. The van der Waals surface area contributed by atoms with Gasteiger partial charge in [0.25, 0.3) is 0 Å². The van der Waals surface area contributed by atoms with E-state index < -0.39 is 5.41 Å². The van der Waals surface area contributed by atoms with Gasteiger partial charge >= 0.3 is 5.97 Å². The Bertz CT molecular complexity index is 511. The predicted octanol–water partition coefficient (Wildman–Crippen LogP) is 2.60. The summed E-state index contributed by atoms with van der Waals surface area (Å²) in [4.78, 5) is 18.9. The molecule has 0 N–H and O–H groups in total. The summed E-state index contributed by atoms with van der Waals surface area (Å²) >= 11 is 1.57. The number of carbonyl (C=O) groups is 1. The Morgan fingerprint density at radius 3 is 2.90 bits per heavy atom. The molecule has 1 aromatic heterocycles. The number of aromatic nitrogens is 1. The number of esters is 1. The molecule has 1 aromatic rings. The van der Waals surface area contributed by atoms with Gasteiger partial charge in [-0.05, 0) is 34.6 Å². The summed E-state index contributed by atoms with van der Waals surface area (Å²) in [5.74, 6) is -0.232. The topological polar surface area (TPSA) is 51.7 Å². The highest BCUT2D eigenvalue weighted by Crippen LogP contribution is 2.32. The van der Waals surface area contributed by atoms with E-state index in [9.17, 15) is 4.79 Å². The molecule has 1 aliphatic rings. The van der Waals surface area contributed by atoms with Crippen molar-refractivity contribution < 1.29 is 14.3 Å². The number of ether oxygens (including phenoxy) is 2. The van der Waals surface area contributed by atoms with Gasteiger partial charge in [0.05, 0.1) is 24.5 Å². The molecule has 0 aliphatic carbocycles. The van der Waals surface area contributed by atoms with E-state index in [0.717, 1.165) is 23.9 Å². The Balaban J connectivity index is 2.16. The minimum absolute atomic E-state index is 0.166. The summed E-state index contributed by atoms with van der Waals surface area (Å²) in [5, 5.41) is 2.90. The van der Waals surface area contributed by atoms with Gasteiger partial charge in [-0.25, -0.2) is 4.98 Å². The number of nitrogens with zero attached hydrogens (tertiary/aromatic N) is 2. The van der Waals surface area contributed by atoms with Crippen LogP contribution in [0.3, 0.4) is 0 Å². The Hall–Kier alpha value is -1.14. The van der Waals surface area contributed by atoms with Gasteiger partial charge in [0.15, 0.2) is 5.13 Å². The van der Waals surface area contributed by atoms with Gasteiger partial charge in [-0.1, -0.05) is 0 Å². The molecule has 1 saturated heterocycles. The largest absolute Gasteiger partial charge is 0.465 e. The smallest absolute Gasteiger partial charge is 0.317 e. The molecule has 0 spiro atoms. The van der Waals surface area contributed by atoms with Crippen LogP contribution in [0.25, 0.3) is 0 Å². The van der Waals surface area contributed by atoms with Gasteiger partial charge in [0, 0.05) is 18.5 Å². The minimum atomic E-state index is -0.716. The van der Waals surface area contributed by atoms with Crippen molar-refractivity contribution in [1.82, 2.24) is 4.98 Å². The number of thiazole rings is 1. The predicted molar refractivity (Wildman–Crippen MR) is 84.0 cm³/mol. The van der Waals surface area contributed by atoms with Crippen LogP contribution >= 0.6 is 11.3 Å². The average Bonchev–Trinajstić information content (AvgIpc) is 2.88. The molecule has 21 heavy (non-hydrogen) atoms. The maximum atomic E-state index is 12.1. The van der Waals surface area contributed by atoms with E-state index in [2.05, 4.69) is 23.7 Å². The van der Waals surface area contributed by atoms with E-state index >= 15 is 0 Å². The zero-order chi connectivity index (χ0) is 15.7. The fourth-order valence-corrected chi connectivity index (χ4v) is 3.31. The molecule has 0 unspecified atom stereocenters. The first-order valence-corrected chi connectivity index (χ1v) is 8.16. The second-order valence-electron chi connectivity index (χ2n) is 6.39. The van der Waals surface area contributed by atoms with E-state index in [-0.39, 0.29) is 11.6 Å². The van der Waals surface area contributed by atoms with Crippen LogP contribution in [0.4, 0.5) is 5.13 Å². The molecule has 0 radical (unpaired) electrons. The first-order chi connectivity index (χ1) is 9.76. The van der Waals surface area contributed by atoms with Gasteiger partial charge in [0.1, 0.15) is 5.41 Å². The van der Waals surface area contributed by atoms with Gasteiger partial charge in [-0.15, -0.1) is 11.3 Å². The van der Waals surface area contributed by atoms with E-state index in [4.69, 9.17) is 9.47 Å². The molecule has 0 aromatic carbocycles. The maximum Gasteiger partial charge on any atom is 0.317 e. The number of morpholine rings is 1. The van der Waals surface area contributed by atoms with Gasteiger partial charge in [0.2, 0.25) is 0 Å². The zero-order valence-corrected chi connectivity index (χ0v) is 14.2. The lowest BCUT2D eigenvalue weighted by Crippen LogP contribution is -2.48. The lowest BCUT2D eigenvalue weighted by molar-refractivity contribution is -0.148. The summed E-state index contributed by atoms with van der Waals surface area (Å²) < 4.78 is 10.9. The molecule has 0 saturated carbocycles. The van der Waals surface area contributed by atoms with Crippen molar-refractivity contribution >= 4 is 22.4 Å². The summed E-state index contributed by atoms with van der Waals surface area (Å²) in [6, 6.07) is 0. The van der Waals surface area contributed by atoms with Crippen molar-refractivity contribution in [3.05, 3.63) is 11.1 Å². The van der Waals surface area contributed by atoms with E-state index in [0.29, 0.717) is 13.2 Å². The van der Waals surface area contributed by atoms with Crippen LogP contribution in [0.5, 0.6) is 0 Å². The highest BCUT2D eigenvalue weighted by atomic mass is 32.1. The standard InChI is InChI=1S/C15H24N2O3S/c1-6-19-12(18)15(4,5)11-9-21-13(16-11)17-7-8-20-14(2,3)10-17/h9H,6-8,10H2,1-5H3. The molecule has 6 heteroatoms. The van der Waals surface area contributed by atoms with Crippen LogP contribution in [-0.2, 0) is 19.7 Å². The fourth-order valence-electron chi connectivity index (χ4n) is 2.29. The van der Waals surface area contributed by atoms with Crippen LogP contribution < -0.4 is 4.90 Å². The summed E-state index contributed by atoms with van der Waals surface area (Å²) in [5.41, 5.74) is -0.113. The second-order valence-corrected chi connectivity index (χ2v) is 7.23. The zero-order valence-electron chi connectivity index (χ0n) is 13.4. The first-order valence-electron chi connectivity index (χ1n) is 7.28. The molecule has 0 atom stereocenters. The molecule has 0 bridgehead atoms. The van der Waals surface area contributed by atoms with Gasteiger partial charge < -0.3 is 14.4 Å². The van der Waals surface area contributed by atoms with Crippen molar-refractivity contribution in [3.8, 4) is 0 Å². The van der Waals surface area contributed by atoms with E-state index in [1.165, 1.54) is 0 Å². The van der Waals surface area contributed by atoms with Crippen LogP contribution in [0.2, 0.25) is 0 Å². The summed E-state index contributed by atoms with van der Waals surface area (Å²) in [6.45, 7) is 12.4. The lowest BCUT2D eigenvalue weighted by atomic mass is 9.90. The van der Waals surface area contributed by atoms with Crippen LogP contribution in [0.1, 0.15) is 40.3 Å². The van der Waals surface area contributed by atoms with Gasteiger partial charge in [-0.3, -0.25) is 4.79 Å². The van der Waals surface area contributed by atoms with Crippen molar-refractivity contribution in [2.75, 3.05) is 31.2 Å². The minimum Gasteiger partial charge on any atom is -0.465 e. The van der Waals surface area contributed by atoms with E-state index in [1.807, 2.05) is 26.2 Å². The highest BCUT2D eigenvalue weighted by molar-refractivity contribution is 7.13. The normalized spacial score (nSPS) is 18.6. The van der Waals surface area contributed by atoms with Crippen molar-refractivity contribution in [2.45, 2.75) is 45.6 Å². The fraction of sp³-hybridized carbons (Fsp3) is 0.733. The molecule has 118 valence electrons. The SMILES string of the molecule is CCOC(=O)C(C)(C)c1csc(N2CCOC(C)(C)C2)n1. The second kappa shape index (κ2) is 5.93. The summed E-state index contributed by atoms with van der Waals surface area (Å²) in [7, 11) is 0. The Morgan fingerprint density at radius 1 is 1.57 bits per heavy atom. The van der Waals surface area contributed by atoms with Crippen LogP contribution in [0.15, 0.2) is 5.38 Å². The van der Waals surface area contributed by atoms with Crippen LogP contribution in [0, 0.1) is 0 Å². The Morgan fingerprint density at radius 2 is 2.29 bits per heavy atom. The number of hydrogen-bond acceptors (Lipinski definition) is 6. The molecule has 2 rings (SSSR count). The molecule has 1 aliphatic heterocycles.